The fourth-order valence-corrected chi connectivity index (χ4v) is 2.06. The molecule has 0 aliphatic heterocycles. The zero-order valence-electron chi connectivity index (χ0n) is 13.7. The van der Waals surface area contributed by atoms with Gasteiger partial charge in [-0.15, -0.1) is 0 Å². The molecule has 5 nitrogen and oxygen atoms in total. The molecule has 1 amide bonds. The number of amides is 1. The highest BCUT2D eigenvalue weighted by Gasteiger charge is 2.05. The van der Waals surface area contributed by atoms with Gasteiger partial charge in [0.1, 0.15) is 0 Å². The lowest BCUT2D eigenvalue weighted by Crippen LogP contribution is -2.32. The van der Waals surface area contributed by atoms with Crippen molar-refractivity contribution in [1.29, 1.82) is 0 Å². The van der Waals surface area contributed by atoms with Crippen LogP contribution in [0.3, 0.4) is 0 Å². The van der Waals surface area contributed by atoms with E-state index in [1.54, 1.807) is 6.21 Å². The van der Waals surface area contributed by atoms with E-state index in [0.29, 0.717) is 0 Å². The van der Waals surface area contributed by atoms with Crippen molar-refractivity contribution in [3.8, 4) is 0 Å². The highest BCUT2D eigenvalue weighted by molar-refractivity contribution is 5.84. The van der Waals surface area contributed by atoms with E-state index in [1.807, 2.05) is 85.5 Å². The molecule has 0 radical (unpaired) electrons. The lowest BCUT2D eigenvalue weighted by Gasteiger charge is -2.17. The zero-order chi connectivity index (χ0) is 16.7. The summed E-state index contributed by atoms with van der Waals surface area (Å²) in [5.74, 6) is -0.155. The Balaban J connectivity index is 1.84. The molecule has 0 saturated carbocycles. The topological polar surface area (TPSA) is 47.9 Å². The summed E-state index contributed by atoms with van der Waals surface area (Å²) in [5, 5.41) is 4.00. The quantitative estimate of drug-likeness (QED) is 0.658. The van der Waals surface area contributed by atoms with E-state index in [0.717, 1.165) is 16.9 Å². The molecule has 0 bridgehead atoms. The van der Waals surface area contributed by atoms with Gasteiger partial charge in [-0.05, 0) is 29.8 Å². The van der Waals surface area contributed by atoms with Gasteiger partial charge in [0.05, 0.1) is 12.8 Å². The van der Waals surface area contributed by atoms with Crippen LogP contribution >= 0.6 is 0 Å². The van der Waals surface area contributed by atoms with Gasteiger partial charge in [0, 0.05) is 32.5 Å². The summed E-state index contributed by atoms with van der Waals surface area (Å²) in [5.41, 5.74) is 5.60. The Morgan fingerprint density at radius 2 is 1.65 bits per heavy atom. The van der Waals surface area contributed by atoms with Crippen molar-refractivity contribution in [3.05, 3.63) is 60.2 Å². The molecule has 0 heterocycles. The molecule has 0 saturated heterocycles. The maximum atomic E-state index is 11.9. The summed E-state index contributed by atoms with van der Waals surface area (Å²) < 4.78 is 0. The summed E-state index contributed by atoms with van der Waals surface area (Å²) in [6, 6.07) is 17.7. The average Bonchev–Trinajstić information content (AvgIpc) is 2.56. The number of carbonyl (C=O) groups excluding carboxylic acids is 1. The molecule has 0 aliphatic rings. The number of benzene rings is 2. The second-order valence-electron chi connectivity index (χ2n) is 5.47. The first-order valence-electron chi connectivity index (χ1n) is 7.42. The van der Waals surface area contributed by atoms with Crippen LogP contribution in [-0.2, 0) is 4.79 Å². The van der Waals surface area contributed by atoms with E-state index in [2.05, 4.69) is 10.5 Å². The minimum absolute atomic E-state index is 0.155. The number of likely N-dealkylation sites (N-methyl/N-ethyl adjacent to an activating group) is 1. The highest BCUT2D eigenvalue weighted by Crippen LogP contribution is 2.11. The number of rotatable bonds is 6. The van der Waals surface area contributed by atoms with Crippen LogP contribution in [0.1, 0.15) is 5.56 Å². The van der Waals surface area contributed by atoms with Gasteiger partial charge in [0.25, 0.3) is 5.91 Å². The monoisotopic (exact) mass is 310 g/mol. The highest BCUT2D eigenvalue weighted by atomic mass is 16.2. The Morgan fingerprint density at radius 3 is 2.26 bits per heavy atom. The van der Waals surface area contributed by atoms with Gasteiger partial charge in [-0.1, -0.05) is 30.3 Å². The van der Waals surface area contributed by atoms with Gasteiger partial charge >= 0.3 is 0 Å². The third-order valence-electron chi connectivity index (χ3n) is 3.39. The summed E-state index contributed by atoms with van der Waals surface area (Å²) in [7, 11) is 5.86. The fourth-order valence-electron chi connectivity index (χ4n) is 2.06. The van der Waals surface area contributed by atoms with Crippen LogP contribution in [0.25, 0.3) is 0 Å². The molecule has 2 aromatic rings. The molecule has 0 unspecified atom stereocenters. The fraction of sp³-hybridized carbons (Fsp3) is 0.222. The van der Waals surface area contributed by atoms with Crippen molar-refractivity contribution < 1.29 is 4.79 Å². The third-order valence-corrected chi connectivity index (χ3v) is 3.39. The summed E-state index contributed by atoms with van der Waals surface area (Å²) in [6.45, 7) is 0.251. The molecule has 0 fully saturated rings. The number of hydrogen-bond donors (Lipinski definition) is 1. The molecule has 120 valence electrons. The molecule has 2 rings (SSSR count). The zero-order valence-corrected chi connectivity index (χ0v) is 13.7. The SMILES string of the molecule is CN(C)c1ccc(/C=N\NC(=O)CN(C)c2ccccc2)cc1. The summed E-state index contributed by atoms with van der Waals surface area (Å²) in [6.07, 6.45) is 1.64. The molecule has 0 atom stereocenters. The second kappa shape index (κ2) is 7.98. The molecule has 0 aromatic heterocycles. The van der Waals surface area contributed by atoms with Gasteiger partial charge in [-0.3, -0.25) is 4.79 Å². The van der Waals surface area contributed by atoms with Crippen molar-refractivity contribution in [1.82, 2.24) is 5.43 Å². The minimum Gasteiger partial charge on any atom is -0.378 e. The summed E-state index contributed by atoms with van der Waals surface area (Å²) in [4.78, 5) is 15.8. The van der Waals surface area contributed by atoms with Crippen molar-refractivity contribution in [2.24, 2.45) is 5.10 Å². The maximum absolute atomic E-state index is 11.9. The van der Waals surface area contributed by atoms with Crippen molar-refractivity contribution in [3.63, 3.8) is 0 Å². The van der Waals surface area contributed by atoms with Crippen LogP contribution in [0.15, 0.2) is 59.7 Å². The lowest BCUT2D eigenvalue weighted by molar-refractivity contribution is -0.119. The number of para-hydroxylation sites is 1. The van der Waals surface area contributed by atoms with Crippen molar-refractivity contribution in [2.75, 3.05) is 37.5 Å². The maximum Gasteiger partial charge on any atom is 0.259 e. The van der Waals surface area contributed by atoms with E-state index < -0.39 is 0 Å². The van der Waals surface area contributed by atoms with Crippen LogP contribution in [0.2, 0.25) is 0 Å². The van der Waals surface area contributed by atoms with Crippen LogP contribution in [0, 0.1) is 0 Å². The largest absolute Gasteiger partial charge is 0.378 e. The second-order valence-corrected chi connectivity index (χ2v) is 5.47. The third kappa shape index (κ3) is 5.14. The number of carbonyl (C=O) groups is 1. The van der Waals surface area contributed by atoms with Gasteiger partial charge in [0.2, 0.25) is 0 Å². The molecule has 2 aromatic carbocycles. The Morgan fingerprint density at radius 1 is 1.00 bits per heavy atom. The molecular formula is C18H22N4O. The van der Waals surface area contributed by atoms with Crippen LogP contribution < -0.4 is 15.2 Å². The van der Waals surface area contributed by atoms with Crippen LogP contribution in [0.4, 0.5) is 11.4 Å². The average molecular weight is 310 g/mol. The molecule has 0 spiro atoms. The first-order valence-corrected chi connectivity index (χ1v) is 7.42. The van der Waals surface area contributed by atoms with Gasteiger partial charge < -0.3 is 9.80 Å². The number of nitrogens with zero attached hydrogens (tertiary/aromatic N) is 3. The Kier molecular flexibility index (Phi) is 5.74. The Bertz CT molecular complexity index is 650. The number of hydrazone groups is 1. The number of nitrogens with one attached hydrogen (secondary N) is 1. The van der Waals surface area contributed by atoms with E-state index in [4.69, 9.17) is 0 Å². The smallest absolute Gasteiger partial charge is 0.259 e. The molecule has 0 aliphatic carbocycles. The molecule has 1 N–H and O–H groups in total. The standard InChI is InChI=1S/C18H22N4O/c1-21(2)16-11-9-15(10-12-16)13-19-20-18(23)14-22(3)17-7-5-4-6-8-17/h4-13H,14H2,1-3H3,(H,20,23)/b19-13-. The predicted octanol–water partition coefficient (Wildman–Crippen LogP) is 2.34. The molecular weight excluding hydrogens is 288 g/mol. The van der Waals surface area contributed by atoms with Crippen molar-refractivity contribution in [2.45, 2.75) is 0 Å². The van der Waals surface area contributed by atoms with Crippen molar-refractivity contribution >= 4 is 23.5 Å². The van der Waals surface area contributed by atoms with E-state index >= 15 is 0 Å². The van der Waals surface area contributed by atoms with E-state index in [-0.39, 0.29) is 12.5 Å². The van der Waals surface area contributed by atoms with Gasteiger partial charge in [0.15, 0.2) is 0 Å². The number of hydrogen-bond acceptors (Lipinski definition) is 4. The normalized spacial score (nSPS) is 10.6. The Labute approximate surface area is 137 Å². The Hall–Kier alpha value is -2.82. The first-order chi connectivity index (χ1) is 11.1. The van der Waals surface area contributed by atoms with E-state index in [1.165, 1.54) is 0 Å². The minimum atomic E-state index is -0.155. The number of anilines is 2. The van der Waals surface area contributed by atoms with Crippen LogP contribution in [-0.4, -0.2) is 39.8 Å². The predicted molar refractivity (Wildman–Crippen MR) is 96.2 cm³/mol. The molecule has 5 heteroatoms. The van der Waals surface area contributed by atoms with Crippen LogP contribution in [0.5, 0.6) is 0 Å². The van der Waals surface area contributed by atoms with Gasteiger partial charge in [-0.2, -0.15) is 5.10 Å². The lowest BCUT2D eigenvalue weighted by atomic mass is 10.2. The van der Waals surface area contributed by atoms with Gasteiger partial charge in [-0.25, -0.2) is 5.43 Å². The van der Waals surface area contributed by atoms with E-state index in [9.17, 15) is 4.79 Å². The summed E-state index contributed by atoms with van der Waals surface area (Å²) >= 11 is 0. The molecule has 23 heavy (non-hydrogen) atoms. The first kappa shape index (κ1) is 16.5.